The Morgan fingerprint density at radius 3 is 2.13 bits per heavy atom. The summed E-state index contributed by atoms with van der Waals surface area (Å²) in [7, 11) is 0. The fraction of sp³-hybridized carbons (Fsp3) is 0.438. The van der Waals surface area contributed by atoms with Crippen LogP contribution in [-0.2, 0) is 14.3 Å². The Kier molecular flexibility index (Phi) is 5.90. The van der Waals surface area contributed by atoms with Crippen LogP contribution in [0.4, 0.5) is 17.6 Å². The fourth-order valence-electron chi connectivity index (χ4n) is 1.94. The normalized spacial score (nSPS) is 14.9. The maximum atomic E-state index is 13.1. The van der Waals surface area contributed by atoms with Crippen LogP contribution in [0.3, 0.4) is 0 Å². The summed E-state index contributed by atoms with van der Waals surface area (Å²) in [5.74, 6) is -1.65. The van der Waals surface area contributed by atoms with Gasteiger partial charge in [0.25, 0.3) is 0 Å². The monoisotopic (exact) mass is 350 g/mol. The molecule has 0 saturated heterocycles. The third kappa shape index (κ3) is 5.57. The molecule has 1 atom stereocenters. The molecule has 0 aliphatic carbocycles. The van der Waals surface area contributed by atoms with E-state index >= 15 is 0 Å². The second kappa shape index (κ2) is 6.95. The largest absolute Gasteiger partial charge is 0.459 e. The Labute approximate surface area is 136 Å². The van der Waals surface area contributed by atoms with Crippen molar-refractivity contribution >= 4 is 17.7 Å². The quantitative estimate of drug-likeness (QED) is 0.415. The molecular formula is C16H18F4O2S. The molecule has 1 aromatic carbocycles. The molecule has 2 nitrogen and oxygen atoms in total. The smallest absolute Gasteiger partial charge is 0.443 e. The average molecular weight is 350 g/mol. The summed E-state index contributed by atoms with van der Waals surface area (Å²) < 4.78 is 55.5. The Balaban J connectivity index is 3.44. The molecule has 0 spiro atoms. The fourth-order valence-corrected chi connectivity index (χ4v) is 2.92. The Bertz CT molecular complexity index is 561. The van der Waals surface area contributed by atoms with Gasteiger partial charge < -0.3 is 4.74 Å². The summed E-state index contributed by atoms with van der Waals surface area (Å²) >= 11 is -0.487. The van der Waals surface area contributed by atoms with E-state index in [1.165, 1.54) is 6.08 Å². The first-order chi connectivity index (χ1) is 10.4. The number of halogens is 4. The van der Waals surface area contributed by atoms with E-state index in [9.17, 15) is 22.4 Å². The van der Waals surface area contributed by atoms with Gasteiger partial charge in [0, 0.05) is 0 Å². The maximum Gasteiger partial charge on any atom is 0.443 e. The van der Waals surface area contributed by atoms with Gasteiger partial charge in [0.1, 0.15) is 16.2 Å². The third-order valence-electron chi connectivity index (χ3n) is 2.76. The van der Waals surface area contributed by atoms with Crippen molar-refractivity contribution in [3.05, 3.63) is 48.3 Å². The van der Waals surface area contributed by atoms with Gasteiger partial charge in [0.2, 0.25) is 0 Å². The zero-order valence-electron chi connectivity index (χ0n) is 13.0. The van der Waals surface area contributed by atoms with Crippen LogP contribution < -0.4 is 0 Å². The van der Waals surface area contributed by atoms with Crippen molar-refractivity contribution in [1.29, 1.82) is 0 Å². The van der Waals surface area contributed by atoms with E-state index < -0.39 is 39.4 Å². The van der Waals surface area contributed by atoms with Crippen LogP contribution in [-0.4, -0.2) is 17.1 Å². The van der Waals surface area contributed by atoms with E-state index in [-0.39, 0.29) is 12.0 Å². The minimum absolute atomic E-state index is 0.00961. The van der Waals surface area contributed by atoms with Gasteiger partial charge >= 0.3 is 11.5 Å². The van der Waals surface area contributed by atoms with Crippen LogP contribution >= 0.6 is 11.8 Å². The zero-order valence-corrected chi connectivity index (χ0v) is 13.9. The molecule has 23 heavy (non-hydrogen) atoms. The number of allylic oxidation sites excluding steroid dienone is 1. The molecule has 7 heteroatoms. The summed E-state index contributed by atoms with van der Waals surface area (Å²) in [6, 6.07) is 4.33. The van der Waals surface area contributed by atoms with Crippen molar-refractivity contribution in [1.82, 2.24) is 0 Å². The average Bonchev–Trinajstić information content (AvgIpc) is 2.35. The Hall–Kier alpha value is -1.50. The van der Waals surface area contributed by atoms with Crippen LogP contribution in [0.25, 0.3) is 0 Å². The number of hydrogen-bond acceptors (Lipinski definition) is 3. The van der Waals surface area contributed by atoms with Crippen molar-refractivity contribution in [3.63, 3.8) is 0 Å². The first-order valence-electron chi connectivity index (χ1n) is 6.77. The third-order valence-corrected chi connectivity index (χ3v) is 3.91. The molecule has 1 aromatic rings. The lowest BCUT2D eigenvalue weighted by Gasteiger charge is -2.34. The lowest BCUT2D eigenvalue weighted by Crippen LogP contribution is -2.40. The lowest BCUT2D eigenvalue weighted by molar-refractivity contribution is -0.158. The summed E-state index contributed by atoms with van der Waals surface area (Å²) in [6.45, 7) is 8.12. The number of carbonyl (C=O) groups excluding carboxylic acids is 1. The maximum absolute atomic E-state index is 13.1. The predicted molar refractivity (Wildman–Crippen MR) is 82.4 cm³/mol. The van der Waals surface area contributed by atoms with E-state index in [1.807, 2.05) is 0 Å². The molecule has 0 fully saturated rings. The number of thioether (sulfide) groups is 1. The van der Waals surface area contributed by atoms with Gasteiger partial charge in [-0.1, -0.05) is 18.2 Å². The molecule has 0 aromatic heterocycles. The van der Waals surface area contributed by atoms with Gasteiger partial charge in [0.15, 0.2) is 0 Å². The molecular weight excluding hydrogens is 332 g/mol. The van der Waals surface area contributed by atoms with Crippen molar-refractivity contribution < 1.29 is 27.1 Å². The number of hydrogen-bond donors (Lipinski definition) is 0. The molecule has 0 N–H and O–H groups in total. The van der Waals surface area contributed by atoms with Crippen molar-refractivity contribution in [2.45, 2.75) is 43.0 Å². The lowest BCUT2D eigenvalue weighted by atomic mass is 9.94. The summed E-state index contributed by atoms with van der Waals surface area (Å²) in [4.78, 5) is 12.5. The topological polar surface area (TPSA) is 26.3 Å². The SMILES string of the molecule is C=CCC(SC(F)(F)F)(C(=O)OC(C)(C)C)c1ccc(F)cc1. The molecule has 0 saturated carbocycles. The highest BCUT2D eigenvalue weighted by Gasteiger charge is 2.51. The molecule has 0 bridgehead atoms. The first-order valence-corrected chi connectivity index (χ1v) is 7.58. The van der Waals surface area contributed by atoms with Gasteiger partial charge in [-0.15, -0.1) is 6.58 Å². The number of esters is 1. The molecule has 0 heterocycles. The zero-order chi connectivity index (χ0) is 17.9. The van der Waals surface area contributed by atoms with Crippen LogP contribution in [0.5, 0.6) is 0 Å². The van der Waals surface area contributed by atoms with Gasteiger partial charge in [0.05, 0.1) is 0 Å². The van der Waals surface area contributed by atoms with Crippen LogP contribution in [0.2, 0.25) is 0 Å². The van der Waals surface area contributed by atoms with E-state index in [1.54, 1.807) is 20.8 Å². The highest BCUT2D eigenvalue weighted by molar-refractivity contribution is 8.01. The first kappa shape index (κ1) is 19.5. The van der Waals surface area contributed by atoms with Crippen molar-refractivity contribution in [2.24, 2.45) is 0 Å². The number of ether oxygens (including phenoxy) is 1. The number of carbonyl (C=O) groups is 1. The van der Waals surface area contributed by atoms with Gasteiger partial charge in [-0.25, -0.2) is 4.39 Å². The number of alkyl halides is 3. The van der Waals surface area contributed by atoms with Crippen LogP contribution in [0, 0.1) is 5.82 Å². The summed E-state index contributed by atoms with van der Waals surface area (Å²) in [6.07, 6.45) is 0.906. The Morgan fingerprint density at radius 2 is 1.74 bits per heavy atom. The van der Waals surface area contributed by atoms with Gasteiger partial charge in [-0.3, -0.25) is 4.79 Å². The molecule has 0 radical (unpaired) electrons. The molecule has 128 valence electrons. The highest BCUT2D eigenvalue weighted by Crippen LogP contribution is 2.50. The van der Waals surface area contributed by atoms with E-state index in [4.69, 9.17) is 4.74 Å². The van der Waals surface area contributed by atoms with E-state index in [2.05, 4.69) is 6.58 Å². The second-order valence-corrected chi connectivity index (χ2v) is 7.24. The second-order valence-electron chi connectivity index (χ2n) is 5.88. The summed E-state index contributed by atoms with van der Waals surface area (Å²) in [5.41, 5.74) is -5.64. The summed E-state index contributed by atoms with van der Waals surface area (Å²) in [5, 5.41) is 0. The predicted octanol–water partition coefficient (Wildman–Crippen LogP) is 5.19. The standard InChI is InChI=1S/C16H18F4O2S/c1-5-10-15(23-16(18,19)20,13(21)22-14(2,3)4)11-6-8-12(17)9-7-11/h5-9H,1,10H2,2-4H3. The van der Waals surface area contributed by atoms with E-state index in [0.717, 1.165) is 24.3 Å². The molecule has 0 aliphatic heterocycles. The molecule has 1 rings (SSSR count). The highest BCUT2D eigenvalue weighted by atomic mass is 32.2. The van der Waals surface area contributed by atoms with Gasteiger partial charge in [-0.05, 0) is 56.7 Å². The number of benzene rings is 1. The molecule has 1 unspecified atom stereocenters. The van der Waals surface area contributed by atoms with Crippen LogP contribution in [0.1, 0.15) is 32.8 Å². The molecule has 0 amide bonds. The van der Waals surface area contributed by atoms with Crippen molar-refractivity contribution in [2.75, 3.05) is 0 Å². The Morgan fingerprint density at radius 1 is 1.22 bits per heavy atom. The van der Waals surface area contributed by atoms with Crippen LogP contribution in [0.15, 0.2) is 36.9 Å². The minimum Gasteiger partial charge on any atom is -0.459 e. The van der Waals surface area contributed by atoms with Gasteiger partial charge in [-0.2, -0.15) is 13.2 Å². The molecule has 0 aliphatic rings. The number of rotatable bonds is 5. The van der Waals surface area contributed by atoms with E-state index in [0.29, 0.717) is 0 Å². The minimum atomic E-state index is -4.69. The van der Waals surface area contributed by atoms with Crippen molar-refractivity contribution in [3.8, 4) is 0 Å².